The zero-order valence-electron chi connectivity index (χ0n) is 15.4. The molecule has 1 aliphatic carbocycles. The third-order valence-corrected chi connectivity index (χ3v) is 5.19. The van der Waals surface area contributed by atoms with Crippen LogP contribution in [0.25, 0.3) is 0 Å². The second-order valence-corrected chi connectivity index (χ2v) is 7.16. The number of piperidine rings is 1. The van der Waals surface area contributed by atoms with E-state index in [9.17, 15) is 0 Å². The fourth-order valence-electron chi connectivity index (χ4n) is 3.71. The standard InChI is InChI=1S/C20H32N2O/c1-17-10-11-19(21-16-22-12-6-3-7-13-22)20(14-17)23-15-18-8-4-2-5-9-18/h10-11,14,18,21H,2-9,12-13,15-16H2,1H3/i1D. The first-order chi connectivity index (χ1) is 11.8. The minimum absolute atomic E-state index is 0.312. The molecule has 0 atom stereocenters. The smallest absolute Gasteiger partial charge is 0.142 e. The van der Waals surface area contributed by atoms with E-state index in [4.69, 9.17) is 6.11 Å². The van der Waals surface area contributed by atoms with Gasteiger partial charge in [-0.25, -0.2) is 0 Å². The van der Waals surface area contributed by atoms with Crippen LogP contribution in [-0.2, 0) is 0 Å². The van der Waals surface area contributed by atoms with Crippen molar-refractivity contribution in [3.05, 3.63) is 23.8 Å². The molecule has 0 unspecified atom stereocenters. The van der Waals surface area contributed by atoms with Crippen LogP contribution in [-0.4, -0.2) is 31.3 Å². The van der Waals surface area contributed by atoms with E-state index in [-0.39, 0.29) is 0 Å². The fourth-order valence-corrected chi connectivity index (χ4v) is 3.71. The Morgan fingerprint density at radius 2 is 1.91 bits per heavy atom. The van der Waals surface area contributed by atoms with E-state index in [0.29, 0.717) is 12.8 Å². The predicted molar refractivity (Wildman–Crippen MR) is 97.2 cm³/mol. The summed E-state index contributed by atoms with van der Waals surface area (Å²) in [7, 11) is 0. The lowest BCUT2D eigenvalue weighted by Crippen LogP contribution is -2.34. The molecular formula is C20H32N2O. The number of aryl methyl sites for hydroxylation is 1. The predicted octanol–water partition coefficient (Wildman–Crippen LogP) is 4.81. The summed E-state index contributed by atoms with van der Waals surface area (Å²) in [6, 6.07) is 6.18. The van der Waals surface area contributed by atoms with Crippen molar-refractivity contribution in [1.82, 2.24) is 4.90 Å². The number of likely N-dealkylation sites (tertiary alicyclic amines) is 1. The molecular weight excluding hydrogens is 284 g/mol. The summed E-state index contributed by atoms with van der Waals surface area (Å²) in [5, 5.41) is 3.56. The third kappa shape index (κ3) is 5.13. The summed E-state index contributed by atoms with van der Waals surface area (Å²) in [6.45, 7) is 4.40. The van der Waals surface area contributed by atoms with E-state index in [0.717, 1.165) is 30.3 Å². The van der Waals surface area contributed by atoms with Crippen molar-refractivity contribution in [2.75, 3.05) is 31.7 Å². The van der Waals surface area contributed by atoms with Gasteiger partial charge in [0.25, 0.3) is 0 Å². The Morgan fingerprint density at radius 1 is 1.13 bits per heavy atom. The molecule has 0 spiro atoms. The number of benzene rings is 1. The van der Waals surface area contributed by atoms with E-state index in [1.807, 2.05) is 12.1 Å². The highest BCUT2D eigenvalue weighted by molar-refractivity contribution is 5.57. The first-order valence-corrected chi connectivity index (χ1v) is 9.36. The Bertz CT molecular complexity index is 496. The topological polar surface area (TPSA) is 24.5 Å². The molecule has 0 amide bonds. The monoisotopic (exact) mass is 317 g/mol. The van der Waals surface area contributed by atoms with Crippen molar-refractivity contribution in [1.29, 1.82) is 0 Å². The molecule has 0 aromatic heterocycles. The maximum Gasteiger partial charge on any atom is 0.142 e. The number of ether oxygens (including phenoxy) is 1. The van der Waals surface area contributed by atoms with Crippen LogP contribution in [0.15, 0.2) is 18.2 Å². The number of rotatable bonds is 6. The quantitative estimate of drug-likeness (QED) is 0.815. The van der Waals surface area contributed by atoms with E-state index < -0.39 is 0 Å². The van der Waals surface area contributed by atoms with Crippen molar-refractivity contribution in [3.63, 3.8) is 0 Å². The summed E-state index contributed by atoms with van der Waals surface area (Å²) in [5.74, 6) is 1.63. The molecule has 1 aliphatic heterocycles. The summed E-state index contributed by atoms with van der Waals surface area (Å²) >= 11 is 0. The molecule has 23 heavy (non-hydrogen) atoms. The Kier molecular flexibility index (Phi) is 5.71. The van der Waals surface area contributed by atoms with Gasteiger partial charge in [0.05, 0.1) is 19.0 Å². The molecule has 128 valence electrons. The molecule has 1 aromatic rings. The Balaban J connectivity index is 1.58. The van der Waals surface area contributed by atoms with Crippen LogP contribution in [0.3, 0.4) is 0 Å². The molecule has 3 nitrogen and oxygen atoms in total. The Morgan fingerprint density at radius 3 is 2.70 bits per heavy atom. The highest BCUT2D eigenvalue weighted by Crippen LogP contribution is 2.29. The molecule has 2 aliphatic rings. The maximum atomic E-state index is 7.62. The van der Waals surface area contributed by atoms with Crippen molar-refractivity contribution in [2.24, 2.45) is 5.92 Å². The first kappa shape index (κ1) is 15.3. The van der Waals surface area contributed by atoms with Gasteiger partial charge in [-0.15, -0.1) is 0 Å². The van der Waals surface area contributed by atoms with Crippen LogP contribution in [0.2, 0.25) is 0 Å². The zero-order valence-corrected chi connectivity index (χ0v) is 14.4. The molecule has 1 heterocycles. The van der Waals surface area contributed by atoms with Crippen molar-refractivity contribution in [3.8, 4) is 5.75 Å². The molecule has 0 bridgehead atoms. The largest absolute Gasteiger partial charge is 0.491 e. The molecule has 1 saturated heterocycles. The van der Waals surface area contributed by atoms with Crippen LogP contribution in [0.4, 0.5) is 5.69 Å². The highest BCUT2D eigenvalue weighted by Gasteiger charge is 2.15. The fraction of sp³-hybridized carbons (Fsp3) is 0.700. The summed E-state index contributed by atoms with van der Waals surface area (Å²) in [4.78, 5) is 2.48. The lowest BCUT2D eigenvalue weighted by molar-refractivity contribution is 0.209. The molecule has 3 heteroatoms. The lowest BCUT2D eigenvalue weighted by atomic mass is 9.90. The number of nitrogens with zero attached hydrogens (tertiary/aromatic N) is 1. The number of hydrogen-bond donors (Lipinski definition) is 1. The molecule has 2 fully saturated rings. The van der Waals surface area contributed by atoms with Crippen LogP contribution in [0, 0.1) is 12.8 Å². The van der Waals surface area contributed by atoms with Crippen LogP contribution < -0.4 is 10.1 Å². The normalized spacial score (nSPS) is 21.0. The SMILES string of the molecule is [2H]Cc1ccc(NCN2CCCCC2)c(OCC2CCCCC2)c1. The lowest BCUT2D eigenvalue weighted by Gasteiger charge is -2.27. The number of nitrogens with one attached hydrogen (secondary N) is 1. The van der Waals surface area contributed by atoms with Crippen molar-refractivity contribution >= 4 is 5.69 Å². The van der Waals surface area contributed by atoms with Gasteiger partial charge in [-0.05, 0) is 69.3 Å². The Hall–Kier alpha value is -1.22. The maximum absolute atomic E-state index is 7.62. The number of hydrogen-bond acceptors (Lipinski definition) is 3. The van der Waals surface area contributed by atoms with Gasteiger partial charge >= 0.3 is 0 Å². The van der Waals surface area contributed by atoms with Gasteiger partial charge in [-0.2, -0.15) is 0 Å². The first-order valence-electron chi connectivity index (χ1n) is 10.1. The van der Waals surface area contributed by atoms with Crippen molar-refractivity contribution < 1.29 is 6.11 Å². The molecule has 0 radical (unpaired) electrons. The minimum Gasteiger partial charge on any atom is -0.491 e. The zero-order chi connectivity index (χ0) is 16.6. The van der Waals surface area contributed by atoms with Crippen LogP contribution >= 0.6 is 0 Å². The molecule has 1 saturated carbocycles. The average molecular weight is 317 g/mol. The van der Waals surface area contributed by atoms with Crippen LogP contribution in [0.5, 0.6) is 5.75 Å². The second-order valence-electron chi connectivity index (χ2n) is 7.16. The molecule has 3 rings (SSSR count). The van der Waals surface area contributed by atoms with E-state index in [1.165, 1.54) is 64.5 Å². The van der Waals surface area contributed by atoms with Gasteiger partial charge in [-0.1, -0.05) is 31.7 Å². The van der Waals surface area contributed by atoms with E-state index in [2.05, 4.69) is 16.3 Å². The van der Waals surface area contributed by atoms with Crippen molar-refractivity contribution in [2.45, 2.75) is 58.3 Å². The van der Waals surface area contributed by atoms with Crippen LogP contribution in [0.1, 0.15) is 58.3 Å². The van der Waals surface area contributed by atoms with E-state index in [1.54, 1.807) is 0 Å². The van der Waals surface area contributed by atoms with Gasteiger partial charge in [0.15, 0.2) is 0 Å². The summed E-state index contributed by atoms with van der Waals surface area (Å²) in [5.41, 5.74) is 2.10. The van der Waals surface area contributed by atoms with Gasteiger partial charge in [0.2, 0.25) is 0 Å². The summed E-state index contributed by atoms with van der Waals surface area (Å²) in [6.07, 6.45) is 10.7. The van der Waals surface area contributed by atoms with Gasteiger partial charge in [0, 0.05) is 1.37 Å². The number of anilines is 1. The highest BCUT2D eigenvalue weighted by atomic mass is 16.5. The van der Waals surface area contributed by atoms with Gasteiger partial charge in [0.1, 0.15) is 5.75 Å². The molecule has 1 N–H and O–H groups in total. The molecule has 1 aromatic carbocycles. The summed E-state index contributed by atoms with van der Waals surface area (Å²) < 4.78 is 13.8. The van der Waals surface area contributed by atoms with Gasteiger partial charge in [-0.3, -0.25) is 4.90 Å². The average Bonchev–Trinajstić information content (AvgIpc) is 2.66. The second kappa shape index (κ2) is 8.58. The third-order valence-electron chi connectivity index (χ3n) is 5.19. The Labute approximate surface area is 142 Å². The van der Waals surface area contributed by atoms with E-state index >= 15 is 0 Å². The minimum atomic E-state index is 0.312. The van der Waals surface area contributed by atoms with Gasteiger partial charge < -0.3 is 10.1 Å².